The molecule has 0 aliphatic heterocycles. The van der Waals surface area contributed by atoms with E-state index in [4.69, 9.17) is 5.11 Å². The lowest BCUT2D eigenvalue weighted by Gasteiger charge is -2.45. The molecule has 12 heavy (non-hydrogen) atoms. The number of allylic oxidation sites excluding steroid dienone is 1. The predicted octanol–water partition coefficient (Wildman–Crippen LogP) is 0.944. The van der Waals surface area contributed by atoms with Crippen molar-refractivity contribution in [3.63, 3.8) is 0 Å². The van der Waals surface area contributed by atoms with E-state index in [2.05, 4.69) is 12.2 Å². The van der Waals surface area contributed by atoms with Crippen molar-refractivity contribution in [2.24, 2.45) is 17.3 Å². The summed E-state index contributed by atoms with van der Waals surface area (Å²) < 4.78 is 0. The van der Waals surface area contributed by atoms with Crippen molar-refractivity contribution in [3.8, 4) is 0 Å². The number of hydrogen-bond acceptors (Lipinski definition) is 2. The van der Waals surface area contributed by atoms with Gasteiger partial charge in [0.1, 0.15) is 0 Å². The smallest absolute Gasteiger partial charge is 0.0522 e. The molecule has 68 valence electrons. The summed E-state index contributed by atoms with van der Waals surface area (Å²) in [6, 6.07) is 0. The molecule has 0 amide bonds. The van der Waals surface area contributed by atoms with E-state index in [0.717, 1.165) is 19.3 Å². The molecule has 3 rings (SSSR count). The summed E-state index contributed by atoms with van der Waals surface area (Å²) in [6.45, 7) is 0.517. The first kappa shape index (κ1) is 8.27. The first-order valence-electron chi connectivity index (χ1n) is 4.71. The Kier molecular flexibility index (Phi) is 1.97. The maximum absolute atomic E-state index is 9.25. The van der Waals surface area contributed by atoms with Crippen LogP contribution in [0, 0.1) is 17.3 Å². The summed E-state index contributed by atoms with van der Waals surface area (Å²) >= 11 is 0. The van der Waals surface area contributed by atoms with Gasteiger partial charge in [0, 0.05) is 12.0 Å². The largest absolute Gasteiger partial charge is 0.396 e. The van der Waals surface area contributed by atoms with Crippen LogP contribution in [0.1, 0.15) is 19.3 Å². The van der Waals surface area contributed by atoms with Gasteiger partial charge in [-0.1, -0.05) is 12.2 Å². The number of hydrogen-bond donors (Lipinski definition) is 2. The third-order valence-corrected chi connectivity index (χ3v) is 3.50. The van der Waals surface area contributed by atoms with Crippen LogP contribution < -0.4 is 0 Å². The van der Waals surface area contributed by atoms with Gasteiger partial charge >= 0.3 is 0 Å². The molecule has 0 heterocycles. The molecule has 3 aliphatic rings. The predicted molar refractivity (Wildman–Crippen MR) is 46.6 cm³/mol. The van der Waals surface area contributed by atoms with E-state index in [1.807, 2.05) is 0 Å². The Morgan fingerprint density at radius 1 is 1.42 bits per heavy atom. The fourth-order valence-corrected chi connectivity index (χ4v) is 2.59. The molecular weight excluding hydrogens is 152 g/mol. The highest BCUT2D eigenvalue weighted by molar-refractivity contribution is 5.13. The maximum Gasteiger partial charge on any atom is 0.0522 e. The highest BCUT2D eigenvalue weighted by Gasteiger charge is 2.41. The van der Waals surface area contributed by atoms with Crippen molar-refractivity contribution in [2.75, 3.05) is 13.2 Å². The second-order valence-electron chi connectivity index (χ2n) is 4.23. The van der Waals surface area contributed by atoms with Crippen molar-refractivity contribution < 1.29 is 10.2 Å². The number of fused-ring (bicyclic) bond motifs is 2. The van der Waals surface area contributed by atoms with Gasteiger partial charge in [-0.05, 0) is 31.1 Å². The molecule has 0 unspecified atom stereocenters. The van der Waals surface area contributed by atoms with Crippen LogP contribution >= 0.6 is 0 Å². The van der Waals surface area contributed by atoms with Gasteiger partial charge in [-0.15, -0.1) is 0 Å². The fraction of sp³-hybridized carbons (Fsp3) is 0.800. The van der Waals surface area contributed by atoms with Crippen LogP contribution in [0.15, 0.2) is 12.2 Å². The van der Waals surface area contributed by atoms with Crippen LogP contribution in [0.3, 0.4) is 0 Å². The zero-order chi connectivity index (χ0) is 8.60. The zero-order valence-corrected chi connectivity index (χ0v) is 7.24. The highest BCUT2D eigenvalue weighted by atomic mass is 16.3. The monoisotopic (exact) mass is 168 g/mol. The molecule has 2 heteroatoms. The van der Waals surface area contributed by atoms with Crippen LogP contribution in [-0.2, 0) is 0 Å². The van der Waals surface area contributed by atoms with Crippen molar-refractivity contribution in [1.82, 2.24) is 0 Å². The van der Waals surface area contributed by atoms with Gasteiger partial charge in [-0.2, -0.15) is 0 Å². The summed E-state index contributed by atoms with van der Waals surface area (Å²) in [4.78, 5) is 0. The molecular formula is C10H16O2. The molecule has 1 saturated carbocycles. The van der Waals surface area contributed by atoms with Gasteiger partial charge in [0.15, 0.2) is 0 Å². The molecule has 0 aromatic heterocycles. The van der Waals surface area contributed by atoms with E-state index in [1.54, 1.807) is 0 Å². The Morgan fingerprint density at radius 3 is 2.75 bits per heavy atom. The topological polar surface area (TPSA) is 40.5 Å². The zero-order valence-electron chi connectivity index (χ0n) is 7.24. The first-order valence-corrected chi connectivity index (χ1v) is 4.71. The Balaban J connectivity index is 2.19. The van der Waals surface area contributed by atoms with Gasteiger partial charge < -0.3 is 10.2 Å². The molecule has 0 saturated heterocycles. The Bertz CT molecular complexity index is 200. The first-order chi connectivity index (χ1) is 5.79. The van der Waals surface area contributed by atoms with Crippen LogP contribution in [0.5, 0.6) is 0 Å². The van der Waals surface area contributed by atoms with Gasteiger partial charge in [-0.3, -0.25) is 0 Å². The van der Waals surface area contributed by atoms with E-state index < -0.39 is 0 Å². The molecule has 3 aliphatic carbocycles. The van der Waals surface area contributed by atoms with E-state index in [-0.39, 0.29) is 18.6 Å². The second-order valence-corrected chi connectivity index (χ2v) is 4.23. The lowest BCUT2D eigenvalue weighted by Crippen LogP contribution is -2.39. The second kappa shape index (κ2) is 2.86. The van der Waals surface area contributed by atoms with E-state index in [1.165, 1.54) is 0 Å². The Labute approximate surface area is 72.9 Å². The molecule has 0 spiro atoms. The number of aliphatic hydroxyl groups is 2. The molecule has 1 fully saturated rings. The van der Waals surface area contributed by atoms with Gasteiger partial charge in [-0.25, -0.2) is 0 Å². The Morgan fingerprint density at radius 2 is 2.25 bits per heavy atom. The van der Waals surface area contributed by atoms with Crippen LogP contribution in [0.2, 0.25) is 0 Å². The average Bonchev–Trinajstić information content (AvgIpc) is 2.19. The fourth-order valence-electron chi connectivity index (χ4n) is 2.59. The van der Waals surface area contributed by atoms with E-state index >= 15 is 0 Å². The van der Waals surface area contributed by atoms with Crippen LogP contribution in [-0.4, -0.2) is 23.4 Å². The summed E-state index contributed by atoms with van der Waals surface area (Å²) in [5.41, 5.74) is 0.0160. The normalized spacial score (nSPS) is 45.2. The van der Waals surface area contributed by atoms with Crippen molar-refractivity contribution in [1.29, 1.82) is 0 Å². The number of rotatable bonds is 2. The van der Waals surface area contributed by atoms with E-state index in [0.29, 0.717) is 11.8 Å². The molecule has 3 atom stereocenters. The summed E-state index contributed by atoms with van der Waals surface area (Å²) in [5, 5.41) is 18.4. The minimum atomic E-state index is 0.0160. The molecule has 2 N–H and O–H groups in total. The molecule has 2 bridgehead atoms. The minimum Gasteiger partial charge on any atom is -0.396 e. The van der Waals surface area contributed by atoms with Crippen molar-refractivity contribution in [3.05, 3.63) is 12.2 Å². The highest BCUT2D eigenvalue weighted by Crippen LogP contribution is 2.48. The minimum absolute atomic E-state index is 0.0160. The standard InChI is InChI=1S/C10H16O2/c11-6-9-5-10(7-12)3-1-8(9)2-4-10/h1,3,8-9,11-12H,2,4-7H2/t8-,9-,10-/m0/s1. The SMILES string of the molecule is OC[C@@H]1C[C@]2(CO)C=C[C@H]1CC2. The van der Waals surface area contributed by atoms with Gasteiger partial charge in [0.05, 0.1) is 6.61 Å². The van der Waals surface area contributed by atoms with Crippen LogP contribution in [0.4, 0.5) is 0 Å². The molecule has 2 nitrogen and oxygen atoms in total. The quantitative estimate of drug-likeness (QED) is 0.602. The average molecular weight is 168 g/mol. The molecule has 0 radical (unpaired) electrons. The van der Waals surface area contributed by atoms with Gasteiger partial charge in [0.2, 0.25) is 0 Å². The summed E-state index contributed by atoms with van der Waals surface area (Å²) in [7, 11) is 0. The summed E-state index contributed by atoms with van der Waals surface area (Å²) in [5.74, 6) is 0.972. The third-order valence-electron chi connectivity index (χ3n) is 3.50. The van der Waals surface area contributed by atoms with Crippen molar-refractivity contribution in [2.45, 2.75) is 19.3 Å². The lowest BCUT2D eigenvalue weighted by atomic mass is 9.61. The number of aliphatic hydroxyl groups excluding tert-OH is 2. The van der Waals surface area contributed by atoms with Crippen molar-refractivity contribution >= 4 is 0 Å². The lowest BCUT2D eigenvalue weighted by molar-refractivity contribution is 0.0381. The molecule has 0 aromatic rings. The van der Waals surface area contributed by atoms with Gasteiger partial charge in [0.25, 0.3) is 0 Å². The van der Waals surface area contributed by atoms with E-state index in [9.17, 15) is 5.11 Å². The maximum atomic E-state index is 9.25. The molecule has 0 aromatic carbocycles. The van der Waals surface area contributed by atoms with Crippen LogP contribution in [0.25, 0.3) is 0 Å². The summed E-state index contributed by atoms with van der Waals surface area (Å²) in [6.07, 6.45) is 7.56. The third kappa shape index (κ3) is 1.10. The Hall–Kier alpha value is -0.340.